The number of rotatable bonds is 2. The monoisotopic (exact) mass is 267 g/mol. The standard InChI is InChI=1S/C10H16F3N3O2/c1-6(8(17)15-9(14)18)16-4-2-3-7(5-16)10(11,12)13/h6-7H,2-5H2,1H3,(H3,14,15,17,18). The van der Waals surface area contributed by atoms with Gasteiger partial charge < -0.3 is 5.73 Å². The molecule has 1 aliphatic rings. The zero-order chi connectivity index (χ0) is 13.9. The molecule has 1 rings (SSSR count). The Labute approximate surface area is 102 Å². The van der Waals surface area contributed by atoms with E-state index in [1.165, 1.54) is 11.8 Å². The predicted octanol–water partition coefficient (Wildman–Crippen LogP) is 0.844. The summed E-state index contributed by atoms with van der Waals surface area (Å²) >= 11 is 0. The van der Waals surface area contributed by atoms with Gasteiger partial charge in [-0.15, -0.1) is 0 Å². The van der Waals surface area contributed by atoms with Crippen molar-refractivity contribution in [2.24, 2.45) is 11.7 Å². The van der Waals surface area contributed by atoms with Crippen molar-refractivity contribution >= 4 is 11.9 Å². The van der Waals surface area contributed by atoms with Gasteiger partial charge in [-0.1, -0.05) is 0 Å². The summed E-state index contributed by atoms with van der Waals surface area (Å²) in [5.74, 6) is -2.10. The SMILES string of the molecule is CC(C(=O)NC(N)=O)N1CCCC(C(F)(F)F)C1. The Morgan fingerprint density at radius 2 is 2.06 bits per heavy atom. The highest BCUT2D eigenvalue weighted by Gasteiger charge is 2.43. The summed E-state index contributed by atoms with van der Waals surface area (Å²) in [4.78, 5) is 23.4. The molecule has 0 spiro atoms. The second kappa shape index (κ2) is 5.55. The quantitative estimate of drug-likeness (QED) is 0.778. The van der Waals surface area contributed by atoms with Crippen molar-refractivity contribution in [1.29, 1.82) is 0 Å². The van der Waals surface area contributed by atoms with E-state index in [0.717, 1.165) is 0 Å². The minimum Gasteiger partial charge on any atom is -0.351 e. The molecular formula is C10H16F3N3O2. The molecule has 0 aliphatic carbocycles. The molecule has 1 saturated heterocycles. The predicted molar refractivity (Wildman–Crippen MR) is 57.5 cm³/mol. The Balaban J connectivity index is 2.61. The largest absolute Gasteiger partial charge is 0.393 e. The Kier molecular flexibility index (Phi) is 4.55. The fourth-order valence-corrected chi connectivity index (χ4v) is 2.02. The van der Waals surface area contributed by atoms with E-state index >= 15 is 0 Å². The summed E-state index contributed by atoms with van der Waals surface area (Å²) in [5, 5.41) is 1.87. The van der Waals surface area contributed by atoms with Crippen molar-refractivity contribution in [2.75, 3.05) is 13.1 Å². The minimum absolute atomic E-state index is 0.0736. The van der Waals surface area contributed by atoms with Gasteiger partial charge in [0.25, 0.3) is 0 Å². The van der Waals surface area contributed by atoms with E-state index < -0.39 is 30.1 Å². The van der Waals surface area contributed by atoms with E-state index in [9.17, 15) is 22.8 Å². The van der Waals surface area contributed by atoms with Crippen LogP contribution in [0.25, 0.3) is 0 Å². The van der Waals surface area contributed by atoms with Gasteiger partial charge in [0, 0.05) is 6.54 Å². The number of likely N-dealkylation sites (tertiary alicyclic amines) is 1. The summed E-state index contributed by atoms with van der Waals surface area (Å²) in [5.41, 5.74) is 4.79. The topological polar surface area (TPSA) is 75.4 Å². The molecule has 3 N–H and O–H groups in total. The van der Waals surface area contributed by atoms with Crippen LogP contribution in [0.2, 0.25) is 0 Å². The van der Waals surface area contributed by atoms with E-state index in [1.54, 1.807) is 0 Å². The molecule has 0 saturated carbocycles. The van der Waals surface area contributed by atoms with Crippen LogP contribution in [-0.2, 0) is 4.79 Å². The maximum atomic E-state index is 12.6. The highest BCUT2D eigenvalue weighted by atomic mass is 19.4. The first-order chi connectivity index (χ1) is 8.21. The minimum atomic E-state index is -4.25. The van der Waals surface area contributed by atoms with Gasteiger partial charge >= 0.3 is 12.2 Å². The lowest BCUT2D eigenvalue weighted by molar-refractivity contribution is -0.188. The molecule has 0 aromatic rings. The number of nitrogens with two attached hydrogens (primary N) is 1. The molecule has 2 atom stereocenters. The Bertz CT molecular complexity index is 333. The number of amides is 3. The van der Waals surface area contributed by atoms with Crippen molar-refractivity contribution in [3.63, 3.8) is 0 Å². The second-order valence-corrected chi connectivity index (χ2v) is 4.41. The zero-order valence-electron chi connectivity index (χ0n) is 9.96. The number of hydrogen-bond acceptors (Lipinski definition) is 3. The molecule has 1 heterocycles. The lowest BCUT2D eigenvalue weighted by Gasteiger charge is -2.36. The summed E-state index contributed by atoms with van der Waals surface area (Å²) in [6.07, 6.45) is -3.80. The summed E-state index contributed by atoms with van der Waals surface area (Å²) in [7, 11) is 0. The first-order valence-electron chi connectivity index (χ1n) is 5.63. The van der Waals surface area contributed by atoms with E-state index in [0.29, 0.717) is 13.0 Å². The molecule has 5 nitrogen and oxygen atoms in total. The molecule has 104 valence electrons. The van der Waals surface area contributed by atoms with E-state index in [1.807, 2.05) is 5.32 Å². The lowest BCUT2D eigenvalue weighted by atomic mass is 9.96. The van der Waals surface area contributed by atoms with E-state index in [4.69, 9.17) is 5.73 Å². The van der Waals surface area contributed by atoms with Crippen LogP contribution in [0.3, 0.4) is 0 Å². The van der Waals surface area contributed by atoms with Crippen LogP contribution < -0.4 is 11.1 Å². The van der Waals surface area contributed by atoms with Gasteiger partial charge in [0.1, 0.15) is 0 Å². The van der Waals surface area contributed by atoms with Crippen LogP contribution >= 0.6 is 0 Å². The number of carbonyl (C=O) groups is 2. The summed E-state index contributed by atoms with van der Waals surface area (Å²) in [6, 6.07) is -1.81. The summed E-state index contributed by atoms with van der Waals surface area (Å²) < 4.78 is 37.8. The second-order valence-electron chi connectivity index (χ2n) is 4.41. The van der Waals surface area contributed by atoms with Gasteiger partial charge in [-0.3, -0.25) is 15.0 Å². The molecule has 0 radical (unpaired) electrons. The van der Waals surface area contributed by atoms with Crippen molar-refractivity contribution in [1.82, 2.24) is 10.2 Å². The van der Waals surface area contributed by atoms with Crippen molar-refractivity contribution in [3.05, 3.63) is 0 Å². The van der Waals surface area contributed by atoms with Crippen molar-refractivity contribution in [2.45, 2.75) is 32.0 Å². The van der Waals surface area contributed by atoms with Crippen molar-refractivity contribution < 1.29 is 22.8 Å². The number of halogens is 3. The fraction of sp³-hybridized carbons (Fsp3) is 0.800. The molecular weight excluding hydrogens is 251 g/mol. The first-order valence-corrected chi connectivity index (χ1v) is 5.63. The lowest BCUT2D eigenvalue weighted by Crippen LogP contribution is -2.52. The van der Waals surface area contributed by atoms with E-state index in [-0.39, 0.29) is 13.0 Å². The average Bonchev–Trinajstić information content (AvgIpc) is 2.26. The third kappa shape index (κ3) is 3.86. The number of nitrogens with one attached hydrogen (secondary N) is 1. The van der Waals surface area contributed by atoms with Gasteiger partial charge in [-0.2, -0.15) is 13.2 Å². The zero-order valence-corrected chi connectivity index (χ0v) is 9.96. The van der Waals surface area contributed by atoms with Crippen LogP contribution in [0.1, 0.15) is 19.8 Å². The normalized spacial score (nSPS) is 23.4. The first kappa shape index (κ1) is 14.7. The maximum absolute atomic E-state index is 12.6. The smallest absolute Gasteiger partial charge is 0.351 e. The van der Waals surface area contributed by atoms with Crippen LogP contribution in [-0.4, -0.2) is 42.1 Å². The molecule has 1 aliphatic heterocycles. The molecule has 3 amide bonds. The number of alkyl halides is 3. The number of carbonyl (C=O) groups excluding carboxylic acids is 2. The average molecular weight is 267 g/mol. The maximum Gasteiger partial charge on any atom is 0.393 e. The Morgan fingerprint density at radius 3 is 2.56 bits per heavy atom. The Hall–Kier alpha value is -1.31. The molecule has 0 aromatic carbocycles. The highest BCUT2D eigenvalue weighted by Crippen LogP contribution is 2.33. The number of urea groups is 1. The number of imide groups is 1. The third-order valence-electron chi connectivity index (χ3n) is 3.09. The van der Waals surface area contributed by atoms with Crippen molar-refractivity contribution in [3.8, 4) is 0 Å². The van der Waals surface area contributed by atoms with Gasteiger partial charge in [0.15, 0.2) is 0 Å². The number of hydrogen-bond donors (Lipinski definition) is 2. The van der Waals surface area contributed by atoms with Crippen LogP contribution in [0.15, 0.2) is 0 Å². The molecule has 0 bridgehead atoms. The molecule has 8 heteroatoms. The number of piperidine rings is 1. The third-order valence-corrected chi connectivity index (χ3v) is 3.09. The van der Waals surface area contributed by atoms with Crippen LogP contribution in [0.5, 0.6) is 0 Å². The molecule has 18 heavy (non-hydrogen) atoms. The summed E-state index contributed by atoms with van der Waals surface area (Å²) in [6.45, 7) is 1.63. The van der Waals surface area contributed by atoms with Gasteiger partial charge in [-0.05, 0) is 26.3 Å². The Morgan fingerprint density at radius 1 is 1.44 bits per heavy atom. The molecule has 0 aromatic heterocycles. The number of nitrogens with zero attached hydrogens (tertiary/aromatic N) is 1. The van der Waals surface area contributed by atoms with Gasteiger partial charge in [0.05, 0.1) is 12.0 Å². The van der Waals surface area contributed by atoms with E-state index in [2.05, 4.69) is 0 Å². The highest BCUT2D eigenvalue weighted by molar-refractivity contribution is 5.96. The van der Waals surface area contributed by atoms with Crippen LogP contribution in [0, 0.1) is 5.92 Å². The van der Waals surface area contributed by atoms with Gasteiger partial charge in [-0.25, -0.2) is 4.79 Å². The fourth-order valence-electron chi connectivity index (χ4n) is 2.02. The van der Waals surface area contributed by atoms with Gasteiger partial charge in [0.2, 0.25) is 5.91 Å². The molecule has 1 fully saturated rings. The van der Waals surface area contributed by atoms with Crippen LogP contribution in [0.4, 0.5) is 18.0 Å². The number of primary amides is 1. The molecule has 2 unspecified atom stereocenters.